The molecule has 180 valence electrons. The first kappa shape index (κ1) is 29.7. The van der Waals surface area contributed by atoms with Crippen LogP contribution in [0.4, 0.5) is 0 Å². The summed E-state index contributed by atoms with van der Waals surface area (Å²) in [7, 11) is 6.89. The molecule has 0 aliphatic heterocycles. The van der Waals surface area contributed by atoms with Gasteiger partial charge in [0.2, 0.25) is 0 Å². The van der Waals surface area contributed by atoms with E-state index < -0.39 is 5.97 Å². The van der Waals surface area contributed by atoms with Crippen molar-refractivity contribution in [3.05, 3.63) is 35.9 Å². The number of carbonyl (C=O) groups is 1. The van der Waals surface area contributed by atoms with Crippen molar-refractivity contribution in [3.8, 4) is 0 Å². The second kappa shape index (κ2) is 20.5. The summed E-state index contributed by atoms with van der Waals surface area (Å²) in [5, 5.41) is 10.1. The van der Waals surface area contributed by atoms with Gasteiger partial charge in [0.1, 0.15) is 0 Å². The molecule has 0 unspecified atom stereocenters. The third-order valence-electron chi connectivity index (χ3n) is 5.69. The summed E-state index contributed by atoms with van der Waals surface area (Å²) in [6, 6.07) is 8.06. The number of rotatable bonds is 18. The first-order valence-electron chi connectivity index (χ1n) is 12.9. The highest BCUT2D eigenvalue weighted by Gasteiger charge is 2.04. The summed E-state index contributed by atoms with van der Waals surface area (Å²) in [6.45, 7) is 3.63. The lowest BCUT2D eigenvalue weighted by molar-refractivity contribution is -0.870. The number of aromatic carboxylic acids is 1. The number of nitrogens with zero attached hydrogens (tertiary/aromatic N) is 1. The van der Waals surface area contributed by atoms with Crippen molar-refractivity contribution in [1.29, 1.82) is 0 Å². The number of carboxylic acid groups (broad SMARTS) is 1. The number of carbonyl (C=O) groups excluding carboxylic acids is 1. The van der Waals surface area contributed by atoms with Crippen LogP contribution < -0.4 is 5.11 Å². The van der Waals surface area contributed by atoms with Gasteiger partial charge in [0.05, 0.1) is 33.7 Å². The molecule has 0 aliphatic rings. The van der Waals surface area contributed by atoms with Gasteiger partial charge in [0.25, 0.3) is 0 Å². The molecule has 1 aromatic carbocycles. The van der Waals surface area contributed by atoms with Gasteiger partial charge in [-0.05, 0) is 18.4 Å². The van der Waals surface area contributed by atoms with Gasteiger partial charge in [-0.15, -0.1) is 0 Å². The van der Waals surface area contributed by atoms with Gasteiger partial charge < -0.3 is 14.4 Å². The summed E-state index contributed by atoms with van der Waals surface area (Å²) in [4.78, 5) is 10.1. The Bertz CT molecular complexity index is 507. The molecule has 0 saturated heterocycles. The number of unbranched alkanes of at least 4 members (excludes halogenated alkanes) is 15. The summed E-state index contributed by atoms with van der Waals surface area (Å²) in [5.74, 6) is -1.13. The molecule has 0 aromatic heterocycles. The van der Waals surface area contributed by atoms with Crippen LogP contribution in [-0.2, 0) is 0 Å². The molecule has 0 amide bonds. The quantitative estimate of drug-likeness (QED) is 0.185. The lowest BCUT2D eigenvalue weighted by atomic mass is 10.0. The number of carboxylic acids is 1. The van der Waals surface area contributed by atoms with E-state index in [0.29, 0.717) is 0 Å². The van der Waals surface area contributed by atoms with Crippen molar-refractivity contribution in [3.63, 3.8) is 0 Å². The molecule has 0 fully saturated rings. The molecule has 3 heteroatoms. The Morgan fingerprint density at radius 3 is 1.29 bits per heavy atom. The minimum Gasteiger partial charge on any atom is -0.545 e. The van der Waals surface area contributed by atoms with E-state index in [0.717, 1.165) is 4.48 Å². The van der Waals surface area contributed by atoms with E-state index in [1.165, 1.54) is 121 Å². The van der Waals surface area contributed by atoms with Crippen molar-refractivity contribution in [1.82, 2.24) is 0 Å². The highest BCUT2D eigenvalue weighted by molar-refractivity contribution is 5.85. The van der Waals surface area contributed by atoms with Crippen LogP contribution in [0.2, 0.25) is 0 Å². The van der Waals surface area contributed by atoms with E-state index in [-0.39, 0.29) is 5.56 Å². The molecular formula is C28H51NO2. The monoisotopic (exact) mass is 433 g/mol. The maximum Gasteiger partial charge on any atom is 0.0780 e. The predicted molar refractivity (Wildman–Crippen MR) is 133 cm³/mol. The van der Waals surface area contributed by atoms with Crippen molar-refractivity contribution >= 4 is 5.97 Å². The Hall–Kier alpha value is -1.35. The summed E-state index contributed by atoms with van der Waals surface area (Å²) >= 11 is 0. The molecule has 0 heterocycles. The van der Waals surface area contributed by atoms with Gasteiger partial charge in [0.15, 0.2) is 0 Å². The normalized spacial score (nSPS) is 11.1. The third-order valence-corrected chi connectivity index (χ3v) is 5.69. The number of hydrogen-bond acceptors (Lipinski definition) is 2. The van der Waals surface area contributed by atoms with Crippen LogP contribution in [0.15, 0.2) is 30.3 Å². The van der Waals surface area contributed by atoms with Crippen LogP contribution in [0.5, 0.6) is 0 Å². The van der Waals surface area contributed by atoms with Crippen LogP contribution in [0.25, 0.3) is 0 Å². The fourth-order valence-corrected chi connectivity index (χ4v) is 3.71. The standard InChI is InChI=1S/C21H46N.C7H6O2/c1-5-6-7-8-9-10-11-12-13-14-15-16-17-18-19-20-21-22(2,3)4;8-7(9)6-4-2-1-3-5-6/h5-21H2,1-4H3;1-5H,(H,8,9)/q+1;/p-1. The Morgan fingerprint density at radius 1 is 0.645 bits per heavy atom. The first-order valence-corrected chi connectivity index (χ1v) is 12.9. The van der Waals surface area contributed by atoms with Crippen molar-refractivity contribution < 1.29 is 14.4 Å². The van der Waals surface area contributed by atoms with Gasteiger partial charge in [-0.1, -0.05) is 127 Å². The minimum absolute atomic E-state index is 0.220. The largest absolute Gasteiger partial charge is 0.545 e. The maximum absolute atomic E-state index is 10.1. The Morgan fingerprint density at radius 2 is 1.00 bits per heavy atom. The highest BCUT2D eigenvalue weighted by atomic mass is 16.4. The molecule has 0 radical (unpaired) electrons. The molecule has 1 rings (SSSR count). The minimum atomic E-state index is -1.13. The van der Waals surface area contributed by atoms with E-state index in [4.69, 9.17) is 0 Å². The molecular weight excluding hydrogens is 382 g/mol. The van der Waals surface area contributed by atoms with E-state index in [1.54, 1.807) is 18.2 Å². The van der Waals surface area contributed by atoms with E-state index in [2.05, 4.69) is 28.1 Å². The molecule has 0 saturated carbocycles. The predicted octanol–water partition coefficient (Wildman–Crippen LogP) is 7.00. The van der Waals surface area contributed by atoms with Gasteiger partial charge in [-0.3, -0.25) is 0 Å². The van der Waals surface area contributed by atoms with Crippen LogP contribution in [0.1, 0.15) is 120 Å². The lowest BCUT2D eigenvalue weighted by Gasteiger charge is -2.23. The van der Waals surface area contributed by atoms with Gasteiger partial charge in [-0.2, -0.15) is 0 Å². The zero-order chi connectivity index (χ0) is 23.2. The number of hydrogen-bond donors (Lipinski definition) is 0. The Kier molecular flexibility index (Phi) is 19.7. The Balaban J connectivity index is 0.000000823. The smallest absolute Gasteiger partial charge is 0.0780 e. The molecule has 0 bridgehead atoms. The van der Waals surface area contributed by atoms with Gasteiger partial charge >= 0.3 is 0 Å². The third kappa shape index (κ3) is 23.1. The van der Waals surface area contributed by atoms with Crippen molar-refractivity contribution in [2.45, 2.75) is 110 Å². The fraction of sp³-hybridized carbons (Fsp3) is 0.750. The zero-order valence-electron chi connectivity index (χ0n) is 21.2. The van der Waals surface area contributed by atoms with Crippen LogP contribution in [0.3, 0.4) is 0 Å². The van der Waals surface area contributed by atoms with Crippen LogP contribution >= 0.6 is 0 Å². The van der Waals surface area contributed by atoms with Gasteiger partial charge in [0, 0.05) is 0 Å². The van der Waals surface area contributed by atoms with Gasteiger partial charge in [-0.25, -0.2) is 0 Å². The Labute approximate surface area is 193 Å². The van der Waals surface area contributed by atoms with E-state index in [9.17, 15) is 9.90 Å². The summed E-state index contributed by atoms with van der Waals surface area (Å²) < 4.78 is 1.12. The topological polar surface area (TPSA) is 40.1 Å². The number of quaternary nitrogens is 1. The summed E-state index contributed by atoms with van der Waals surface area (Å²) in [5.41, 5.74) is 0.220. The molecule has 0 spiro atoms. The van der Waals surface area contributed by atoms with Crippen LogP contribution in [-0.4, -0.2) is 38.1 Å². The summed E-state index contributed by atoms with van der Waals surface area (Å²) in [6.07, 6.45) is 23.4. The number of benzene rings is 1. The highest BCUT2D eigenvalue weighted by Crippen LogP contribution is 2.13. The SMILES string of the molecule is CCCCCCCCCCCCCCCCCC[N+](C)(C)C.O=C([O-])c1ccccc1. The molecule has 31 heavy (non-hydrogen) atoms. The molecule has 0 aliphatic carbocycles. The first-order chi connectivity index (χ1) is 14.9. The van der Waals surface area contributed by atoms with Crippen LogP contribution in [0, 0.1) is 0 Å². The fourth-order valence-electron chi connectivity index (χ4n) is 3.71. The average Bonchev–Trinajstić information content (AvgIpc) is 2.74. The second-order valence-electron chi connectivity index (χ2n) is 9.97. The average molecular weight is 434 g/mol. The van der Waals surface area contributed by atoms with Crippen molar-refractivity contribution in [2.24, 2.45) is 0 Å². The lowest BCUT2D eigenvalue weighted by Crippen LogP contribution is -2.35. The van der Waals surface area contributed by atoms with E-state index in [1.807, 2.05) is 0 Å². The second-order valence-corrected chi connectivity index (χ2v) is 9.97. The maximum atomic E-state index is 10.1. The van der Waals surface area contributed by atoms with Crippen molar-refractivity contribution in [2.75, 3.05) is 27.7 Å². The van der Waals surface area contributed by atoms with E-state index >= 15 is 0 Å². The molecule has 0 atom stereocenters. The zero-order valence-corrected chi connectivity index (χ0v) is 21.2. The molecule has 3 nitrogen and oxygen atoms in total. The molecule has 1 aromatic rings. The molecule has 0 N–H and O–H groups in total.